The number of unbranched alkanes of at least 4 members (excludes halogenated alkanes) is 3. The van der Waals surface area contributed by atoms with Gasteiger partial charge in [-0.05, 0) is 73.5 Å². The first-order valence-corrected chi connectivity index (χ1v) is 12.5. The van der Waals surface area contributed by atoms with Gasteiger partial charge in [0.25, 0.3) is 0 Å². The average molecular weight is 475 g/mol. The van der Waals surface area contributed by atoms with Crippen molar-refractivity contribution in [3.8, 4) is 0 Å². The van der Waals surface area contributed by atoms with E-state index in [1.807, 2.05) is 0 Å². The molecule has 0 aliphatic heterocycles. The molecule has 0 heterocycles. The molecule has 2 aromatic carbocycles. The van der Waals surface area contributed by atoms with E-state index in [-0.39, 0.29) is 30.5 Å². The number of aryl methyl sites for hydroxylation is 2. The average Bonchev–Trinajstić information content (AvgIpc) is 2.70. The Balaban J connectivity index is 1.78. The standard InChI is InChI=1S/C23H30F4NO3P/c24-21-12-9-18(10-13-21)6-3-1-2-4-7-20-11-8-19(16-22(20)23(25,26)27)17-28-14-5-15-32(29,30)31/h8-13,16,28H,1-7,14-15,17H2,(H2,29,30,31). The van der Waals surface area contributed by atoms with Gasteiger partial charge in [0, 0.05) is 6.54 Å². The molecule has 2 aromatic rings. The molecule has 32 heavy (non-hydrogen) atoms. The smallest absolute Gasteiger partial charge is 0.324 e. The fourth-order valence-electron chi connectivity index (χ4n) is 3.51. The monoisotopic (exact) mass is 475 g/mol. The lowest BCUT2D eigenvalue weighted by molar-refractivity contribution is -0.138. The second-order valence-corrected chi connectivity index (χ2v) is 9.73. The van der Waals surface area contributed by atoms with E-state index in [9.17, 15) is 22.1 Å². The Kier molecular flexibility index (Phi) is 10.4. The summed E-state index contributed by atoms with van der Waals surface area (Å²) < 4.78 is 64.3. The first kappa shape index (κ1) is 26.5. The Morgan fingerprint density at radius 2 is 1.47 bits per heavy atom. The van der Waals surface area contributed by atoms with E-state index in [1.54, 1.807) is 18.2 Å². The second-order valence-electron chi connectivity index (χ2n) is 7.95. The molecule has 0 aliphatic carbocycles. The molecule has 178 valence electrons. The van der Waals surface area contributed by atoms with E-state index in [1.165, 1.54) is 18.2 Å². The van der Waals surface area contributed by atoms with Crippen molar-refractivity contribution in [2.45, 2.75) is 57.7 Å². The number of halogens is 4. The van der Waals surface area contributed by atoms with Crippen LogP contribution in [-0.2, 0) is 30.1 Å². The normalized spacial score (nSPS) is 12.3. The van der Waals surface area contributed by atoms with Crippen LogP contribution in [0.1, 0.15) is 54.4 Å². The summed E-state index contributed by atoms with van der Waals surface area (Å²) >= 11 is 0. The zero-order chi connectivity index (χ0) is 23.6. The van der Waals surface area contributed by atoms with E-state index in [0.29, 0.717) is 24.9 Å². The predicted molar refractivity (Wildman–Crippen MR) is 117 cm³/mol. The maximum atomic E-state index is 13.5. The van der Waals surface area contributed by atoms with Crippen LogP contribution in [0.4, 0.5) is 17.6 Å². The number of benzene rings is 2. The molecule has 3 N–H and O–H groups in total. The highest BCUT2D eigenvalue weighted by Gasteiger charge is 2.33. The number of alkyl halides is 3. The zero-order valence-corrected chi connectivity index (χ0v) is 18.8. The molecule has 0 spiro atoms. The van der Waals surface area contributed by atoms with Crippen molar-refractivity contribution >= 4 is 7.60 Å². The number of rotatable bonds is 13. The predicted octanol–water partition coefficient (Wildman–Crippen LogP) is 5.85. The molecular formula is C23H30F4NO3P. The minimum Gasteiger partial charge on any atom is -0.324 e. The van der Waals surface area contributed by atoms with Gasteiger partial charge in [-0.15, -0.1) is 0 Å². The van der Waals surface area contributed by atoms with Crippen LogP contribution in [0.25, 0.3) is 0 Å². The highest BCUT2D eigenvalue weighted by atomic mass is 31.2. The van der Waals surface area contributed by atoms with Gasteiger partial charge in [0.05, 0.1) is 11.7 Å². The summed E-state index contributed by atoms with van der Waals surface area (Å²) in [6.07, 6.45) is 0.0134. The number of hydrogen-bond donors (Lipinski definition) is 3. The number of nitrogens with one attached hydrogen (secondary N) is 1. The molecular weight excluding hydrogens is 445 g/mol. The van der Waals surface area contributed by atoms with E-state index in [2.05, 4.69) is 5.32 Å². The van der Waals surface area contributed by atoms with Crippen molar-refractivity contribution in [1.29, 1.82) is 0 Å². The highest BCUT2D eigenvalue weighted by Crippen LogP contribution is 2.35. The zero-order valence-electron chi connectivity index (χ0n) is 17.9. The fourth-order valence-corrected chi connectivity index (χ4v) is 4.08. The highest BCUT2D eigenvalue weighted by molar-refractivity contribution is 7.51. The van der Waals surface area contributed by atoms with Crippen LogP contribution < -0.4 is 5.32 Å². The first-order valence-electron chi connectivity index (χ1n) is 10.7. The van der Waals surface area contributed by atoms with Crippen molar-refractivity contribution < 1.29 is 31.9 Å². The molecule has 0 unspecified atom stereocenters. The van der Waals surface area contributed by atoms with E-state index in [0.717, 1.165) is 37.3 Å². The SMILES string of the molecule is O=P(O)(O)CCCNCc1ccc(CCCCCCc2ccc(F)cc2)c(C(F)(F)F)c1. The molecule has 0 amide bonds. The molecule has 0 atom stereocenters. The molecule has 2 rings (SSSR count). The third-order valence-corrected chi connectivity index (χ3v) is 6.09. The van der Waals surface area contributed by atoms with E-state index < -0.39 is 19.3 Å². The van der Waals surface area contributed by atoms with Crippen LogP contribution >= 0.6 is 7.60 Å². The Morgan fingerprint density at radius 3 is 2.09 bits per heavy atom. The summed E-state index contributed by atoms with van der Waals surface area (Å²) in [5.74, 6) is -0.268. The van der Waals surface area contributed by atoms with Gasteiger partial charge in [0.1, 0.15) is 5.82 Å². The minimum atomic E-state index is -4.44. The largest absolute Gasteiger partial charge is 0.416 e. The lowest BCUT2D eigenvalue weighted by Crippen LogP contribution is -2.17. The molecule has 0 saturated carbocycles. The van der Waals surface area contributed by atoms with Crippen LogP contribution in [-0.4, -0.2) is 22.5 Å². The molecule has 0 aliphatic rings. The van der Waals surface area contributed by atoms with Gasteiger partial charge in [-0.1, -0.05) is 37.1 Å². The molecule has 0 fully saturated rings. The second kappa shape index (κ2) is 12.5. The Morgan fingerprint density at radius 1 is 0.844 bits per heavy atom. The lowest BCUT2D eigenvalue weighted by atomic mass is 9.97. The van der Waals surface area contributed by atoms with Gasteiger partial charge in [-0.2, -0.15) is 13.2 Å². The van der Waals surface area contributed by atoms with Gasteiger partial charge < -0.3 is 15.1 Å². The van der Waals surface area contributed by atoms with Gasteiger partial charge in [0.15, 0.2) is 0 Å². The van der Waals surface area contributed by atoms with E-state index >= 15 is 0 Å². The molecule has 0 bridgehead atoms. The van der Waals surface area contributed by atoms with Crippen molar-refractivity contribution in [2.75, 3.05) is 12.7 Å². The maximum Gasteiger partial charge on any atom is 0.416 e. The van der Waals surface area contributed by atoms with Gasteiger partial charge >= 0.3 is 13.8 Å². The summed E-state index contributed by atoms with van der Waals surface area (Å²) in [7, 11) is -4.05. The summed E-state index contributed by atoms with van der Waals surface area (Å²) in [4.78, 5) is 17.6. The quantitative estimate of drug-likeness (QED) is 0.193. The van der Waals surface area contributed by atoms with Crippen LogP contribution in [0, 0.1) is 5.82 Å². The molecule has 0 saturated heterocycles. The third kappa shape index (κ3) is 10.3. The van der Waals surface area contributed by atoms with E-state index in [4.69, 9.17) is 9.79 Å². The number of hydrogen-bond acceptors (Lipinski definition) is 2. The summed E-state index contributed by atoms with van der Waals surface area (Å²) in [5.41, 5.74) is 1.19. The molecule has 9 heteroatoms. The summed E-state index contributed by atoms with van der Waals surface area (Å²) in [6.45, 7) is 0.514. The van der Waals surface area contributed by atoms with Crippen LogP contribution in [0.3, 0.4) is 0 Å². The van der Waals surface area contributed by atoms with Gasteiger partial charge in [0.2, 0.25) is 0 Å². The van der Waals surface area contributed by atoms with Crippen LogP contribution in [0.2, 0.25) is 0 Å². The molecule has 0 radical (unpaired) electrons. The Labute approximate surface area is 186 Å². The van der Waals surface area contributed by atoms with Gasteiger partial charge in [-0.25, -0.2) is 4.39 Å². The Bertz CT molecular complexity index is 882. The topological polar surface area (TPSA) is 69.6 Å². The van der Waals surface area contributed by atoms with Crippen molar-refractivity contribution in [3.63, 3.8) is 0 Å². The third-order valence-electron chi connectivity index (χ3n) is 5.19. The lowest BCUT2D eigenvalue weighted by Gasteiger charge is -2.15. The van der Waals surface area contributed by atoms with Crippen LogP contribution in [0.5, 0.6) is 0 Å². The fraction of sp³-hybridized carbons (Fsp3) is 0.478. The molecule has 0 aromatic heterocycles. The van der Waals surface area contributed by atoms with Crippen LogP contribution in [0.15, 0.2) is 42.5 Å². The first-order chi connectivity index (χ1) is 15.0. The maximum absolute atomic E-state index is 13.5. The Hall–Kier alpha value is -1.73. The van der Waals surface area contributed by atoms with Gasteiger partial charge in [-0.3, -0.25) is 4.57 Å². The van der Waals surface area contributed by atoms with Crippen molar-refractivity contribution in [3.05, 3.63) is 70.5 Å². The van der Waals surface area contributed by atoms with Crippen molar-refractivity contribution in [1.82, 2.24) is 5.32 Å². The summed E-state index contributed by atoms with van der Waals surface area (Å²) in [6, 6.07) is 10.7. The summed E-state index contributed by atoms with van der Waals surface area (Å²) in [5, 5.41) is 2.92. The minimum absolute atomic E-state index is 0.202. The van der Waals surface area contributed by atoms with Crippen molar-refractivity contribution in [2.24, 2.45) is 0 Å². The molecule has 4 nitrogen and oxygen atoms in total.